The van der Waals surface area contributed by atoms with Gasteiger partial charge < -0.3 is 20.2 Å². The lowest BCUT2D eigenvalue weighted by atomic mass is 10.1. The Labute approximate surface area is 132 Å². The van der Waals surface area contributed by atoms with E-state index in [1.54, 1.807) is 30.9 Å². The van der Waals surface area contributed by atoms with Gasteiger partial charge in [-0.05, 0) is 6.92 Å². The molecular weight excluding hydrogens is 298 g/mol. The molecule has 23 heavy (non-hydrogen) atoms. The first kappa shape index (κ1) is 14.9. The van der Waals surface area contributed by atoms with Gasteiger partial charge in [0.05, 0.1) is 24.2 Å². The molecule has 0 aliphatic heterocycles. The molecule has 0 fully saturated rings. The molecule has 0 radical (unpaired) electrons. The van der Waals surface area contributed by atoms with Crippen molar-refractivity contribution in [1.29, 1.82) is 0 Å². The van der Waals surface area contributed by atoms with Crippen LogP contribution in [0.1, 0.15) is 17.5 Å². The molecule has 0 spiro atoms. The summed E-state index contributed by atoms with van der Waals surface area (Å²) in [4.78, 5) is 16.4. The van der Waals surface area contributed by atoms with Crippen molar-refractivity contribution >= 4 is 28.4 Å². The Balaban J connectivity index is 2.19. The molecule has 0 aliphatic carbocycles. The first-order valence-corrected chi connectivity index (χ1v) is 7.12. The third kappa shape index (κ3) is 2.48. The number of nitrogens with one attached hydrogen (secondary N) is 1. The quantitative estimate of drug-likeness (QED) is 0.709. The highest BCUT2D eigenvalue weighted by atomic mass is 16.5. The Bertz CT molecular complexity index is 881. The SMILES string of the molecule is CCOC(=O)c1oc2cc(NC)c(-c3cnn(C)c3)nc2c1N. The first-order chi connectivity index (χ1) is 11.0. The fourth-order valence-electron chi connectivity index (χ4n) is 2.34. The molecule has 0 unspecified atom stereocenters. The number of nitrogens with two attached hydrogens (primary N) is 1. The van der Waals surface area contributed by atoms with Gasteiger partial charge in [0, 0.05) is 31.9 Å². The summed E-state index contributed by atoms with van der Waals surface area (Å²) in [6.45, 7) is 1.96. The van der Waals surface area contributed by atoms with E-state index >= 15 is 0 Å². The maximum absolute atomic E-state index is 11.9. The second-order valence-corrected chi connectivity index (χ2v) is 4.95. The Kier molecular flexibility index (Phi) is 3.65. The highest BCUT2D eigenvalue weighted by Gasteiger charge is 2.22. The van der Waals surface area contributed by atoms with Crippen molar-refractivity contribution in [3.8, 4) is 11.3 Å². The lowest BCUT2D eigenvalue weighted by Crippen LogP contribution is -2.05. The van der Waals surface area contributed by atoms with Gasteiger partial charge in [-0.25, -0.2) is 9.78 Å². The van der Waals surface area contributed by atoms with Crippen LogP contribution in [0.15, 0.2) is 22.9 Å². The van der Waals surface area contributed by atoms with Gasteiger partial charge in [0.25, 0.3) is 0 Å². The molecule has 3 N–H and O–H groups in total. The van der Waals surface area contributed by atoms with Crippen LogP contribution in [-0.2, 0) is 11.8 Å². The zero-order valence-corrected chi connectivity index (χ0v) is 13.1. The number of aryl methyl sites for hydroxylation is 1. The number of aromatic nitrogens is 3. The van der Waals surface area contributed by atoms with Crippen LogP contribution in [0.2, 0.25) is 0 Å². The molecule has 3 aromatic rings. The van der Waals surface area contributed by atoms with Gasteiger partial charge >= 0.3 is 5.97 Å². The molecule has 3 rings (SSSR count). The van der Waals surface area contributed by atoms with E-state index in [-0.39, 0.29) is 18.1 Å². The Morgan fingerprint density at radius 2 is 2.30 bits per heavy atom. The number of esters is 1. The molecule has 0 saturated heterocycles. The number of carbonyl (C=O) groups is 1. The molecule has 8 heteroatoms. The molecule has 3 heterocycles. The second kappa shape index (κ2) is 5.64. The molecular formula is C15H17N5O3. The number of ether oxygens (including phenoxy) is 1. The topological polar surface area (TPSA) is 108 Å². The number of nitrogens with zero attached hydrogens (tertiary/aromatic N) is 3. The van der Waals surface area contributed by atoms with Crippen molar-refractivity contribution in [1.82, 2.24) is 14.8 Å². The number of hydrogen-bond acceptors (Lipinski definition) is 7. The predicted octanol–water partition coefficient (Wildman–Crippen LogP) is 2.03. The predicted molar refractivity (Wildman–Crippen MR) is 86.1 cm³/mol. The average molecular weight is 315 g/mol. The number of hydrogen-bond donors (Lipinski definition) is 2. The summed E-state index contributed by atoms with van der Waals surface area (Å²) in [5, 5.41) is 7.21. The lowest BCUT2D eigenvalue weighted by Gasteiger charge is -2.06. The van der Waals surface area contributed by atoms with Gasteiger partial charge in [0.15, 0.2) is 5.58 Å². The maximum Gasteiger partial charge on any atom is 0.376 e. The number of nitrogen functional groups attached to an aromatic ring is 1. The monoisotopic (exact) mass is 315 g/mol. The van der Waals surface area contributed by atoms with E-state index in [0.29, 0.717) is 16.8 Å². The van der Waals surface area contributed by atoms with Crippen molar-refractivity contribution in [2.75, 3.05) is 24.7 Å². The van der Waals surface area contributed by atoms with Crippen LogP contribution in [0.25, 0.3) is 22.4 Å². The standard InChI is InChI=1S/C15H17N5O3/c1-4-22-15(21)14-11(16)13-10(23-14)5-9(17-2)12(19-13)8-6-18-20(3)7-8/h5-7,17H,4,16H2,1-3H3. The zero-order chi connectivity index (χ0) is 16.6. The number of rotatable bonds is 4. The highest BCUT2D eigenvalue weighted by Crippen LogP contribution is 2.34. The maximum atomic E-state index is 11.9. The summed E-state index contributed by atoms with van der Waals surface area (Å²) in [7, 11) is 3.60. The van der Waals surface area contributed by atoms with Gasteiger partial charge in [-0.3, -0.25) is 4.68 Å². The van der Waals surface area contributed by atoms with Crippen LogP contribution in [0.3, 0.4) is 0 Å². The number of anilines is 2. The molecule has 0 saturated carbocycles. The zero-order valence-electron chi connectivity index (χ0n) is 13.1. The lowest BCUT2D eigenvalue weighted by molar-refractivity contribution is 0.0494. The fraction of sp³-hybridized carbons (Fsp3) is 0.267. The highest BCUT2D eigenvalue weighted by molar-refractivity contribution is 6.03. The van der Waals surface area contributed by atoms with Gasteiger partial charge in [-0.1, -0.05) is 0 Å². The first-order valence-electron chi connectivity index (χ1n) is 7.12. The van der Waals surface area contributed by atoms with Crippen LogP contribution in [-0.4, -0.2) is 34.4 Å². The van der Waals surface area contributed by atoms with E-state index in [9.17, 15) is 4.79 Å². The van der Waals surface area contributed by atoms with E-state index < -0.39 is 5.97 Å². The van der Waals surface area contributed by atoms with E-state index in [4.69, 9.17) is 14.9 Å². The fourth-order valence-corrected chi connectivity index (χ4v) is 2.34. The summed E-state index contributed by atoms with van der Waals surface area (Å²) in [5.41, 5.74) is 9.28. The third-order valence-electron chi connectivity index (χ3n) is 3.41. The van der Waals surface area contributed by atoms with Crippen LogP contribution in [0.5, 0.6) is 0 Å². The molecule has 0 aromatic carbocycles. The minimum absolute atomic E-state index is 0.0280. The van der Waals surface area contributed by atoms with Gasteiger partial charge in [-0.15, -0.1) is 0 Å². The van der Waals surface area contributed by atoms with Crippen molar-refractivity contribution in [3.05, 3.63) is 24.2 Å². The molecule has 0 bridgehead atoms. The van der Waals surface area contributed by atoms with Gasteiger partial charge in [0.1, 0.15) is 11.2 Å². The number of pyridine rings is 1. The largest absolute Gasteiger partial charge is 0.460 e. The third-order valence-corrected chi connectivity index (χ3v) is 3.41. The van der Waals surface area contributed by atoms with E-state index in [1.165, 1.54) is 0 Å². The summed E-state index contributed by atoms with van der Waals surface area (Å²) in [5.74, 6) is -0.628. The van der Waals surface area contributed by atoms with E-state index in [1.807, 2.05) is 13.2 Å². The Morgan fingerprint density at radius 3 is 2.91 bits per heavy atom. The van der Waals surface area contributed by atoms with E-state index in [2.05, 4.69) is 15.4 Å². The summed E-state index contributed by atoms with van der Waals surface area (Å²) in [6.07, 6.45) is 3.55. The minimum Gasteiger partial charge on any atom is -0.460 e. The molecule has 8 nitrogen and oxygen atoms in total. The smallest absolute Gasteiger partial charge is 0.376 e. The van der Waals surface area contributed by atoms with Crippen molar-refractivity contribution in [2.24, 2.45) is 7.05 Å². The second-order valence-electron chi connectivity index (χ2n) is 4.95. The molecule has 120 valence electrons. The molecule has 0 atom stereocenters. The van der Waals surface area contributed by atoms with Gasteiger partial charge in [-0.2, -0.15) is 5.10 Å². The van der Waals surface area contributed by atoms with Crippen LogP contribution >= 0.6 is 0 Å². The summed E-state index contributed by atoms with van der Waals surface area (Å²) < 4.78 is 12.2. The number of furan rings is 1. The number of carbonyl (C=O) groups excluding carboxylic acids is 1. The minimum atomic E-state index is -0.600. The normalized spacial score (nSPS) is 10.9. The van der Waals surface area contributed by atoms with Crippen LogP contribution in [0, 0.1) is 0 Å². The van der Waals surface area contributed by atoms with Crippen molar-refractivity contribution in [2.45, 2.75) is 6.92 Å². The Morgan fingerprint density at radius 1 is 1.52 bits per heavy atom. The molecule has 0 amide bonds. The number of fused-ring (bicyclic) bond motifs is 1. The van der Waals surface area contributed by atoms with E-state index in [0.717, 1.165) is 11.3 Å². The summed E-state index contributed by atoms with van der Waals surface area (Å²) in [6, 6.07) is 1.75. The van der Waals surface area contributed by atoms with Crippen LogP contribution in [0.4, 0.5) is 11.4 Å². The van der Waals surface area contributed by atoms with Crippen molar-refractivity contribution in [3.63, 3.8) is 0 Å². The van der Waals surface area contributed by atoms with Gasteiger partial charge in [0.2, 0.25) is 5.76 Å². The Hall–Kier alpha value is -3.03. The molecule has 3 aromatic heterocycles. The molecule has 0 aliphatic rings. The average Bonchev–Trinajstić information content (AvgIpc) is 3.10. The van der Waals surface area contributed by atoms with Crippen LogP contribution < -0.4 is 11.1 Å². The van der Waals surface area contributed by atoms with Crippen molar-refractivity contribution < 1.29 is 13.9 Å². The summed E-state index contributed by atoms with van der Waals surface area (Å²) >= 11 is 0.